The number of rotatable bonds is 3. The Labute approximate surface area is 82.5 Å². The maximum absolute atomic E-state index is 10.9. The molecule has 0 saturated carbocycles. The van der Waals surface area contributed by atoms with Crippen molar-refractivity contribution in [2.24, 2.45) is 0 Å². The quantitative estimate of drug-likeness (QED) is 0.593. The summed E-state index contributed by atoms with van der Waals surface area (Å²) in [5.74, 6) is 0.142. The molecule has 2 N–H and O–H groups in total. The molecule has 0 bridgehead atoms. The molecule has 70 valence electrons. The van der Waals surface area contributed by atoms with Gasteiger partial charge in [-0.25, -0.2) is 0 Å². The fourth-order valence-corrected chi connectivity index (χ4v) is 1.58. The van der Waals surface area contributed by atoms with E-state index in [0.29, 0.717) is 12.1 Å². The fourth-order valence-electron chi connectivity index (χ4n) is 1.13. The highest BCUT2D eigenvalue weighted by Gasteiger charge is 2.02. The summed E-state index contributed by atoms with van der Waals surface area (Å²) in [5.41, 5.74) is 7.41. The Morgan fingerprint density at radius 2 is 2.23 bits per heavy atom. The van der Waals surface area contributed by atoms with Crippen LogP contribution in [0.1, 0.15) is 12.5 Å². The van der Waals surface area contributed by atoms with Crippen LogP contribution in [0.5, 0.6) is 0 Å². The summed E-state index contributed by atoms with van der Waals surface area (Å²) < 4.78 is 0. The summed E-state index contributed by atoms with van der Waals surface area (Å²) in [5, 5.41) is 0. The van der Waals surface area contributed by atoms with Gasteiger partial charge in [0.1, 0.15) is 5.78 Å². The first-order valence-electron chi connectivity index (χ1n) is 4.05. The van der Waals surface area contributed by atoms with Crippen molar-refractivity contribution in [3.05, 3.63) is 23.8 Å². The molecule has 3 heteroatoms. The van der Waals surface area contributed by atoms with Gasteiger partial charge in [0.2, 0.25) is 0 Å². The molecule has 0 atom stereocenters. The number of carbonyl (C=O) groups is 1. The third kappa shape index (κ3) is 2.77. The van der Waals surface area contributed by atoms with E-state index in [2.05, 4.69) is 0 Å². The standard InChI is InChI=1S/C10H13NOS/c1-7(12)5-8-3-4-9(13-2)6-10(8)11/h3-4,6H,5,11H2,1-2H3. The van der Waals surface area contributed by atoms with Crippen molar-refractivity contribution in [3.8, 4) is 0 Å². The molecule has 1 aromatic rings. The predicted octanol–water partition coefficient (Wildman–Crippen LogP) is 2.12. The molecule has 0 fully saturated rings. The van der Waals surface area contributed by atoms with E-state index in [1.165, 1.54) is 0 Å². The number of nitrogens with two attached hydrogens (primary N) is 1. The number of ketones is 1. The predicted molar refractivity (Wildman–Crippen MR) is 57.0 cm³/mol. The molecule has 1 rings (SSSR count). The highest BCUT2D eigenvalue weighted by Crippen LogP contribution is 2.21. The molecule has 2 nitrogen and oxygen atoms in total. The lowest BCUT2D eigenvalue weighted by Crippen LogP contribution is -2.00. The number of Topliss-reactive ketones (excluding diaryl/α,β-unsaturated/α-hetero) is 1. The van der Waals surface area contributed by atoms with Gasteiger partial charge in [0.25, 0.3) is 0 Å². The molecule has 13 heavy (non-hydrogen) atoms. The van der Waals surface area contributed by atoms with Gasteiger partial charge < -0.3 is 5.73 Å². The maximum Gasteiger partial charge on any atom is 0.134 e. The van der Waals surface area contributed by atoms with Crippen molar-refractivity contribution in [1.82, 2.24) is 0 Å². The Morgan fingerprint density at radius 3 is 2.69 bits per heavy atom. The number of hydrogen-bond donors (Lipinski definition) is 1. The molecule has 0 amide bonds. The molecule has 0 heterocycles. The van der Waals surface area contributed by atoms with E-state index in [9.17, 15) is 4.79 Å². The van der Waals surface area contributed by atoms with Gasteiger partial charge in [-0.3, -0.25) is 4.79 Å². The van der Waals surface area contributed by atoms with E-state index in [-0.39, 0.29) is 5.78 Å². The van der Waals surface area contributed by atoms with Gasteiger partial charge in [0, 0.05) is 17.0 Å². The van der Waals surface area contributed by atoms with Crippen LogP contribution >= 0.6 is 11.8 Å². The second-order valence-corrected chi connectivity index (χ2v) is 3.82. The normalized spacial score (nSPS) is 10.0. The molecule has 0 spiro atoms. The Morgan fingerprint density at radius 1 is 1.54 bits per heavy atom. The molecule has 0 aliphatic carbocycles. The summed E-state index contributed by atoms with van der Waals surface area (Å²) in [6, 6.07) is 5.81. The Bertz CT molecular complexity index is 323. The van der Waals surface area contributed by atoms with Gasteiger partial charge in [-0.15, -0.1) is 11.8 Å². The average Bonchev–Trinajstić information content (AvgIpc) is 2.08. The van der Waals surface area contributed by atoms with Gasteiger partial charge in [-0.1, -0.05) is 6.07 Å². The minimum absolute atomic E-state index is 0.142. The monoisotopic (exact) mass is 195 g/mol. The molecule has 0 unspecified atom stereocenters. The second kappa shape index (κ2) is 4.33. The number of hydrogen-bond acceptors (Lipinski definition) is 3. The molecule has 1 aromatic carbocycles. The minimum atomic E-state index is 0.142. The van der Waals surface area contributed by atoms with E-state index in [0.717, 1.165) is 10.5 Å². The zero-order valence-corrected chi connectivity index (χ0v) is 8.65. The lowest BCUT2D eigenvalue weighted by Gasteiger charge is -2.04. The molecule has 0 saturated heterocycles. The first kappa shape index (κ1) is 10.1. The summed E-state index contributed by atoms with van der Waals surface area (Å²) >= 11 is 1.65. The first-order valence-corrected chi connectivity index (χ1v) is 5.28. The summed E-state index contributed by atoms with van der Waals surface area (Å²) in [6.07, 6.45) is 2.43. The van der Waals surface area contributed by atoms with Crippen molar-refractivity contribution in [2.45, 2.75) is 18.2 Å². The van der Waals surface area contributed by atoms with Gasteiger partial charge in [0.15, 0.2) is 0 Å². The van der Waals surface area contributed by atoms with Crippen LogP contribution in [0.15, 0.2) is 23.1 Å². The molecule has 0 aliphatic heterocycles. The van der Waals surface area contributed by atoms with Gasteiger partial charge in [-0.05, 0) is 30.9 Å². The minimum Gasteiger partial charge on any atom is -0.398 e. The van der Waals surface area contributed by atoms with Crippen molar-refractivity contribution >= 4 is 23.2 Å². The first-order chi connectivity index (χ1) is 6.13. The number of anilines is 1. The second-order valence-electron chi connectivity index (χ2n) is 2.94. The largest absolute Gasteiger partial charge is 0.398 e. The highest BCUT2D eigenvalue weighted by atomic mass is 32.2. The zero-order chi connectivity index (χ0) is 9.84. The average molecular weight is 195 g/mol. The molecular formula is C10H13NOS. The van der Waals surface area contributed by atoms with Gasteiger partial charge in [-0.2, -0.15) is 0 Å². The van der Waals surface area contributed by atoms with Crippen molar-refractivity contribution < 1.29 is 4.79 Å². The third-order valence-corrected chi connectivity index (χ3v) is 2.52. The number of benzene rings is 1. The molecule has 0 radical (unpaired) electrons. The summed E-state index contributed by atoms with van der Waals surface area (Å²) in [7, 11) is 0. The lowest BCUT2D eigenvalue weighted by molar-refractivity contribution is -0.116. The molecule has 0 aliphatic rings. The van der Waals surface area contributed by atoms with Gasteiger partial charge >= 0.3 is 0 Å². The Hall–Kier alpha value is -0.960. The Balaban J connectivity index is 2.91. The van der Waals surface area contributed by atoms with Crippen LogP contribution in [-0.4, -0.2) is 12.0 Å². The summed E-state index contributed by atoms with van der Waals surface area (Å²) in [4.78, 5) is 12.0. The van der Waals surface area contributed by atoms with Crippen LogP contribution in [-0.2, 0) is 11.2 Å². The lowest BCUT2D eigenvalue weighted by atomic mass is 10.1. The van der Waals surface area contributed by atoms with Crippen LogP contribution in [0.25, 0.3) is 0 Å². The summed E-state index contributed by atoms with van der Waals surface area (Å²) in [6.45, 7) is 1.57. The van der Waals surface area contributed by atoms with E-state index in [1.54, 1.807) is 18.7 Å². The maximum atomic E-state index is 10.9. The van der Waals surface area contributed by atoms with E-state index < -0.39 is 0 Å². The third-order valence-electron chi connectivity index (χ3n) is 1.79. The van der Waals surface area contributed by atoms with Crippen molar-refractivity contribution in [2.75, 3.05) is 12.0 Å². The van der Waals surface area contributed by atoms with E-state index >= 15 is 0 Å². The molecule has 0 aromatic heterocycles. The number of nitrogen functional groups attached to an aromatic ring is 1. The molecular weight excluding hydrogens is 182 g/mol. The smallest absolute Gasteiger partial charge is 0.134 e. The number of carbonyl (C=O) groups excluding carboxylic acids is 1. The zero-order valence-electron chi connectivity index (χ0n) is 7.83. The van der Waals surface area contributed by atoms with Crippen LogP contribution < -0.4 is 5.73 Å². The van der Waals surface area contributed by atoms with Crippen LogP contribution in [0.4, 0.5) is 5.69 Å². The van der Waals surface area contributed by atoms with Crippen molar-refractivity contribution in [1.29, 1.82) is 0 Å². The van der Waals surface area contributed by atoms with Crippen molar-refractivity contribution in [3.63, 3.8) is 0 Å². The Kier molecular flexibility index (Phi) is 3.37. The fraction of sp³-hybridized carbons (Fsp3) is 0.300. The highest BCUT2D eigenvalue weighted by molar-refractivity contribution is 7.98. The number of thioether (sulfide) groups is 1. The van der Waals surface area contributed by atoms with E-state index in [1.807, 2.05) is 24.5 Å². The topological polar surface area (TPSA) is 43.1 Å². The SMILES string of the molecule is CSc1ccc(CC(C)=O)c(N)c1. The van der Waals surface area contributed by atoms with E-state index in [4.69, 9.17) is 5.73 Å². The van der Waals surface area contributed by atoms with Crippen LogP contribution in [0.2, 0.25) is 0 Å². The van der Waals surface area contributed by atoms with Gasteiger partial charge in [0.05, 0.1) is 0 Å². The van der Waals surface area contributed by atoms with Crippen LogP contribution in [0.3, 0.4) is 0 Å². The van der Waals surface area contributed by atoms with Crippen LogP contribution in [0, 0.1) is 0 Å².